The third-order valence-electron chi connectivity index (χ3n) is 4.33. The minimum absolute atomic E-state index is 0.163. The first-order valence-electron chi connectivity index (χ1n) is 8.94. The maximum atomic E-state index is 11.6. The predicted molar refractivity (Wildman–Crippen MR) is 109 cm³/mol. The highest BCUT2D eigenvalue weighted by molar-refractivity contribution is 8.00. The summed E-state index contributed by atoms with van der Waals surface area (Å²) in [5.41, 5.74) is 3.60. The number of rotatable bonds is 6. The molecule has 0 bridgehead atoms. The number of benzene rings is 2. The van der Waals surface area contributed by atoms with E-state index in [4.69, 9.17) is 0 Å². The molecule has 0 saturated heterocycles. The third kappa shape index (κ3) is 4.24. The van der Waals surface area contributed by atoms with Gasteiger partial charge in [0.1, 0.15) is 11.1 Å². The van der Waals surface area contributed by atoms with E-state index in [0.29, 0.717) is 16.3 Å². The summed E-state index contributed by atoms with van der Waals surface area (Å²) < 4.78 is 0. The van der Waals surface area contributed by atoms with Crippen LogP contribution in [0.15, 0.2) is 71.8 Å². The van der Waals surface area contributed by atoms with Gasteiger partial charge in [-0.25, -0.2) is 4.98 Å². The second-order valence-electron chi connectivity index (χ2n) is 6.68. The number of hydrogen-bond donors (Lipinski definition) is 0. The molecule has 0 N–H and O–H groups in total. The van der Waals surface area contributed by atoms with Crippen molar-refractivity contribution in [3.05, 3.63) is 72.3 Å². The molecule has 3 rings (SSSR count). The van der Waals surface area contributed by atoms with Crippen LogP contribution in [0.3, 0.4) is 0 Å². The summed E-state index contributed by atoms with van der Waals surface area (Å²) in [5, 5.41) is 21.1. The lowest BCUT2D eigenvalue weighted by atomic mass is 9.99. The normalized spacial score (nSPS) is 11.8. The van der Waals surface area contributed by atoms with Gasteiger partial charge in [0, 0.05) is 11.1 Å². The Morgan fingerprint density at radius 1 is 1.04 bits per heavy atom. The number of nitrogens with zero attached hydrogens (tertiary/aromatic N) is 2. The summed E-state index contributed by atoms with van der Waals surface area (Å²) in [6.07, 6.45) is 0. The van der Waals surface area contributed by atoms with Crippen LogP contribution in [0.2, 0.25) is 0 Å². The number of pyridine rings is 1. The maximum absolute atomic E-state index is 11.6. The highest BCUT2D eigenvalue weighted by Crippen LogP contribution is 2.36. The number of carbonyl (C=O) groups excluding carboxylic acids is 1. The summed E-state index contributed by atoms with van der Waals surface area (Å²) in [7, 11) is 0. The van der Waals surface area contributed by atoms with E-state index in [9.17, 15) is 15.2 Å². The lowest BCUT2D eigenvalue weighted by Crippen LogP contribution is -2.36. The largest absolute Gasteiger partial charge is 0.549 e. The number of aromatic nitrogens is 1. The molecule has 0 unspecified atom stereocenters. The van der Waals surface area contributed by atoms with E-state index in [1.165, 1.54) is 0 Å². The average molecular weight is 387 g/mol. The Morgan fingerprint density at radius 2 is 1.61 bits per heavy atom. The van der Waals surface area contributed by atoms with Gasteiger partial charge in [0.05, 0.1) is 22.5 Å². The van der Waals surface area contributed by atoms with Gasteiger partial charge in [-0.3, -0.25) is 0 Å². The Morgan fingerprint density at radius 3 is 2.11 bits per heavy atom. The molecule has 0 aliphatic heterocycles. The molecule has 1 atom stereocenters. The van der Waals surface area contributed by atoms with Gasteiger partial charge in [0.25, 0.3) is 0 Å². The molecule has 1 aromatic heterocycles. The maximum Gasteiger partial charge on any atom is 0.116 e. The van der Waals surface area contributed by atoms with Crippen LogP contribution in [0.1, 0.15) is 19.4 Å². The SMILES string of the molecule is CC(C)[C@H](Sc1nc(-c2ccccc2)cc(-c2ccccc2)c1C#N)C(=O)[O-]. The zero-order chi connectivity index (χ0) is 20.1. The third-order valence-corrected chi connectivity index (χ3v) is 5.84. The lowest BCUT2D eigenvalue weighted by Gasteiger charge is -2.22. The van der Waals surface area contributed by atoms with Crippen molar-refractivity contribution < 1.29 is 9.90 Å². The molecular formula is C23H19N2O2S-. The average Bonchev–Trinajstić information content (AvgIpc) is 2.72. The van der Waals surface area contributed by atoms with Crippen LogP contribution in [0.4, 0.5) is 0 Å². The fourth-order valence-corrected chi connectivity index (χ4v) is 3.93. The van der Waals surface area contributed by atoms with E-state index < -0.39 is 11.2 Å². The number of nitriles is 1. The van der Waals surface area contributed by atoms with Gasteiger partial charge >= 0.3 is 0 Å². The van der Waals surface area contributed by atoms with E-state index in [-0.39, 0.29) is 5.92 Å². The highest BCUT2D eigenvalue weighted by atomic mass is 32.2. The van der Waals surface area contributed by atoms with E-state index in [1.807, 2.05) is 80.6 Å². The summed E-state index contributed by atoms with van der Waals surface area (Å²) in [4.78, 5) is 16.3. The van der Waals surface area contributed by atoms with Gasteiger partial charge in [0.2, 0.25) is 0 Å². The second-order valence-corrected chi connectivity index (χ2v) is 7.81. The number of thioether (sulfide) groups is 1. The Hall–Kier alpha value is -3.10. The molecule has 28 heavy (non-hydrogen) atoms. The molecule has 0 aliphatic carbocycles. The van der Waals surface area contributed by atoms with Crippen molar-refractivity contribution in [1.29, 1.82) is 5.26 Å². The van der Waals surface area contributed by atoms with Crippen LogP contribution in [0.5, 0.6) is 0 Å². The number of carboxylic acid groups (broad SMARTS) is 1. The Labute approximate surface area is 168 Å². The lowest BCUT2D eigenvalue weighted by molar-refractivity contribution is -0.305. The topological polar surface area (TPSA) is 76.8 Å². The number of hydrogen-bond acceptors (Lipinski definition) is 5. The van der Waals surface area contributed by atoms with Gasteiger partial charge in [0.15, 0.2) is 0 Å². The Kier molecular flexibility index (Phi) is 6.13. The van der Waals surface area contributed by atoms with Crippen LogP contribution in [-0.2, 0) is 4.79 Å². The molecule has 2 aromatic carbocycles. The molecule has 0 fully saturated rings. The van der Waals surface area contributed by atoms with E-state index >= 15 is 0 Å². The fourth-order valence-electron chi connectivity index (χ4n) is 2.89. The molecule has 0 aliphatic rings. The van der Waals surface area contributed by atoms with Crippen molar-refractivity contribution in [1.82, 2.24) is 4.98 Å². The Balaban J connectivity index is 2.22. The van der Waals surface area contributed by atoms with Crippen molar-refractivity contribution in [2.24, 2.45) is 5.92 Å². The molecule has 4 nitrogen and oxygen atoms in total. The molecule has 0 spiro atoms. The number of carboxylic acids is 1. The molecular weight excluding hydrogens is 368 g/mol. The van der Waals surface area contributed by atoms with Gasteiger partial charge in [-0.05, 0) is 17.5 Å². The predicted octanol–water partition coefficient (Wildman–Crippen LogP) is 4.15. The van der Waals surface area contributed by atoms with E-state index in [1.54, 1.807) is 0 Å². The molecule has 140 valence electrons. The van der Waals surface area contributed by atoms with Gasteiger partial charge in [-0.1, -0.05) is 86.3 Å². The molecule has 3 aromatic rings. The number of aliphatic carboxylic acids is 1. The zero-order valence-electron chi connectivity index (χ0n) is 15.6. The smallest absolute Gasteiger partial charge is 0.116 e. The van der Waals surface area contributed by atoms with Gasteiger partial charge < -0.3 is 9.90 Å². The zero-order valence-corrected chi connectivity index (χ0v) is 16.4. The van der Waals surface area contributed by atoms with Crippen molar-refractivity contribution in [2.45, 2.75) is 24.1 Å². The van der Waals surface area contributed by atoms with Gasteiger partial charge in [-0.2, -0.15) is 5.26 Å². The fraction of sp³-hybridized carbons (Fsp3) is 0.174. The molecule has 0 radical (unpaired) electrons. The highest BCUT2D eigenvalue weighted by Gasteiger charge is 2.22. The van der Waals surface area contributed by atoms with Crippen LogP contribution in [0, 0.1) is 17.2 Å². The van der Waals surface area contributed by atoms with Crippen LogP contribution >= 0.6 is 11.8 Å². The monoisotopic (exact) mass is 387 g/mol. The van der Waals surface area contributed by atoms with Crippen LogP contribution in [-0.4, -0.2) is 16.2 Å². The van der Waals surface area contributed by atoms with Crippen molar-refractivity contribution >= 4 is 17.7 Å². The minimum Gasteiger partial charge on any atom is -0.549 e. The first-order chi connectivity index (χ1) is 13.5. The van der Waals surface area contributed by atoms with Crippen LogP contribution < -0.4 is 5.11 Å². The molecule has 0 saturated carbocycles. The quantitative estimate of drug-likeness (QED) is 0.594. The van der Waals surface area contributed by atoms with E-state index in [0.717, 1.165) is 28.5 Å². The van der Waals surface area contributed by atoms with Crippen molar-refractivity contribution in [3.63, 3.8) is 0 Å². The van der Waals surface area contributed by atoms with E-state index in [2.05, 4.69) is 11.1 Å². The van der Waals surface area contributed by atoms with Crippen molar-refractivity contribution in [3.8, 4) is 28.5 Å². The molecule has 5 heteroatoms. The molecule has 0 amide bonds. The second kappa shape index (κ2) is 8.73. The summed E-state index contributed by atoms with van der Waals surface area (Å²) >= 11 is 1.08. The first kappa shape index (κ1) is 19.7. The standard InChI is InChI=1S/C23H20N2O2S/c1-15(2)21(23(26)27)28-22-19(14-24)18(16-9-5-3-6-10-16)13-20(25-22)17-11-7-4-8-12-17/h3-13,15,21H,1-2H3,(H,26,27)/p-1/t21-/m0/s1. The minimum atomic E-state index is -1.16. The van der Waals surface area contributed by atoms with Crippen molar-refractivity contribution in [2.75, 3.05) is 0 Å². The summed E-state index contributed by atoms with van der Waals surface area (Å²) in [6.45, 7) is 3.64. The first-order valence-corrected chi connectivity index (χ1v) is 9.82. The molecule has 1 heterocycles. The summed E-state index contributed by atoms with van der Waals surface area (Å²) in [5.74, 6) is -1.32. The summed E-state index contributed by atoms with van der Waals surface area (Å²) in [6, 6.07) is 23.3. The Bertz CT molecular complexity index is 1010. The van der Waals surface area contributed by atoms with Gasteiger partial charge in [-0.15, -0.1) is 0 Å². The number of carbonyl (C=O) groups is 1. The van der Waals surface area contributed by atoms with Crippen LogP contribution in [0.25, 0.3) is 22.4 Å².